The maximum Gasteiger partial charge on any atom is 0.119 e. The van der Waals surface area contributed by atoms with Crippen LogP contribution in [0.5, 0.6) is 5.75 Å². The second-order valence-corrected chi connectivity index (χ2v) is 3.76. The Bertz CT molecular complexity index is 263. The molecule has 0 bridgehead atoms. The van der Waals surface area contributed by atoms with E-state index < -0.39 is 0 Å². The van der Waals surface area contributed by atoms with E-state index in [4.69, 9.17) is 9.47 Å². The van der Waals surface area contributed by atoms with Crippen LogP contribution in [0.2, 0.25) is 0 Å². The monoisotopic (exact) mass is 258 g/mol. The molecule has 3 heteroatoms. The third-order valence-electron chi connectivity index (χ3n) is 1.76. The van der Waals surface area contributed by atoms with Gasteiger partial charge in [-0.3, -0.25) is 0 Å². The Labute approximate surface area is 93.4 Å². The van der Waals surface area contributed by atoms with E-state index in [0.29, 0.717) is 6.61 Å². The van der Waals surface area contributed by atoms with E-state index >= 15 is 0 Å². The average Bonchev–Trinajstić information content (AvgIpc) is 2.19. The smallest absolute Gasteiger partial charge is 0.119 e. The van der Waals surface area contributed by atoms with Crippen LogP contribution >= 0.6 is 15.9 Å². The van der Waals surface area contributed by atoms with Crippen LogP contribution in [0.15, 0.2) is 24.3 Å². The van der Waals surface area contributed by atoms with Gasteiger partial charge in [-0.2, -0.15) is 0 Å². The van der Waals surface area contributed by atoms with Gasteiger partial charge in [0.1, 0.15) is 5.75 Å². The van der Waals surface area contributed by atoms with E-state index in [9.17, 15) is 0 Å². The highest BCUT2D eigenvalue weighted by Crippen LogP contribution is 2.14. The lowest BCUT2D eigenvalue weighted by Gasteiger charge is -2.06. The van der Waals surface area contributed by atoms with Crippen LogP contribution < -0.4 is 4.74 Å². The molecule has 1 aromatic carbocycles. The minimum Gasteiger partial charge on any atom is -0.494 e. The lowest BCUT2D eigenvalue weighted by atomic mass is 10.2. The molecule has 14 heavy (non-hydrogen) atoms. The Balaban J connectivity index is 2.46. The molecule has 0 radical (unpaired) electrons. The largest absolute Gasteiger partial charge is 0.494 e. The van der Waals surface area contributed by atoms with E-state index in [-0.39, 0.29) is 0 Å². The Hall–Kier alpha value is -0.540. The fourth-order valence-corrected chi connectivity index (χ4v) is 1.37. The molecule has 0 heterocycles. The third-order valence-corrected chi connectivity index (χ3v) is 2.32. The number of alkyl halides is 1. The van der Waals surface area contributed by atoms with E-state index in [1.54, 1.807) is 7.11 Å². The van der Waals surface area contributed by atoms with Gasteiger partial charge in [0.05, 0.1) is 13.2 Å². The van der Waals surface area contributed by atoms with Gasteiger partial charge in [0.15, 0.2) is 0 Å². The molecule has 0 spiro atoms. The molecule has 0 atom stereocenters. The predicted molar refractivity (Wildman–Crippen MR) is 61.1 cm³/mol. The van der Waals surface area contributed by atoms with Crippen LogP contribution in [0.4, 0.5) is 0 Å². The minimum atomic E-state index is 0.635. The molecular formula is C11H15BrO2. The predicted octanol–water partition coefficient (Wildman–Crippen LogP) is 3.00. The topological polar surface area (TPSA) is 18.5 Å². The molecule has 1 rings (SSSR count). The fraction of sp³-hybridized carbons (Fsp3) is 0.455. The minimum absolute atomic E-state index is 0.635. The number of methoxy groups -OCH3 is 1. The van der Waals surface area contributed by atoms with Crippen molar-refractivity contribution in [2.75, 3.05) is 19.0 Å². The molecule has 0 aliphatic rings. The van der Waals surface area contributed by atoms with Crippen molar-refractivity contribution >= 4 is 15.9 Å². The van der Waals surface area contributed by atoms with Gasteiger partial charge in [-0.15, -0.1) is 0 Å². The maximum atomic E-state index is 5.55. The van der Waals surface area contributed by atoms with Gasteiger partial charge in [0.2, 0.25) is 0 Å². The molecule has 0 aromatic heterocycles. The van der Waals surface area contributed by atoms with Crippen molar-refractivity contribution in [2.24, 2.45) is 0 Å². The Morgan fingerprint density at radius 1 is 1.36 bits per heavy atom. The van der Waals surface area contributed by atoms with Crippen LogP contribution in [0.3, 0.4) is 0 Å². The highest BCUT2D eigenvalue weighted by atomic mass is 79.9. The Morgan fingerprint density at radius 2 is 2.21 bits per heavy atom. The van der Waals surface area contributed by atoms with Gasteiger partial charge in [-0.05, 0) is 24.1 Å². The number of rotatable bonds is 6. The van der Waals surface area contributed by atoms with Gasteiger partial charge >= 0.3 is 0 Å². The summed E-state index contributed by atoms with van der Waals surface area (Å²) in [6.07, 6.45) is 1.02. The first-order valence-electron chi connectivity index (χ1n) is 4.63. The molecule has 0 N–H and O–H groups in total. The SMILES string of the molecule is COCc1cccc(OCCCBr)c1. The van der Waals surface area contributed by atoms with E-state index in [1.165, 1.54) is 0 Å². The molecule has 78 valence electrons. The van der Waals surface area contributed by atoms with Crippen molar-refractivity contribution in [3.63, 3.8) is 0 Å². The summed E-state index contributed by atoms with van der Waals surface area (Å²) in [7, 11) is 1.69. The number of hydrogen-bond acceptors (Lipinski definition) is 2. The quantitative estimate of drug-likeness (QED) is 0.577. The van der Waals surface area contributed by atoms with Crippen LogP contribution in [0.1, 0.15) is 12.0 Å². The molecule has 0 fully saturated rings. The van der Waals surface area contributed by atoms with E-state index in [0.717, 1.165) is 29.7 Å². The number of halogens is 1. The second kappa shape index (κ2) is 6.85. The van der Waals surface area contributed by atoms with Gasteiger partial charge in [0, 0.05) is 12.4 Å². The van der Waals surface area contributed by atoms with Crippen molar-refractivity contribution < 1.29 is 9.47 Å². The fourth-order valence-electron chi connectivity index (χ4n) is 1.14. The molecule has 0 aliphatic heterocycles. The molecular weight excluding hydrogens is 244 g/mol. The van der Waals surface area contributed by atoms with E-state index in [2.05, 4.69) is 15.9 Å². The average molecular weight is 259 g/mol. The summed E-state index contributed by atoms with van der Waals surface area (Å²) in [6, 6.07) is 7.99. The normalized spacial score (nSPS) is 10.1. The number of ether oxygens (including phenoxy) is 2. The standard InChI is InChI=1S/C11H15BrO2/c1-13-9-10-4-2-5-11(8-10)14-7-3-6-12/h2,4-5,8H,3,6-7,9H2,1H3. The van der Waals surface area contributed by atoms with Crippen LogP contribution in [-0.4, -0.2) is 19.0 Å². The summed E-state index contributed by atoms with van der Waals surface area (Å²) in [5.41, 5.74) is 1.14. The van der Waals surface area contributed by atoms with Gasteiger partial charge < -0.3 is 9.47 Å². The zero-order valence-corrected chi connectivity index (χ0v) is 9.92. The summed E-state index contributed by atoms with van der Waals surface area (Å²) >= 11 is 3.36. The lowest BCUT2D eigenvalue weighted by molar-refractivity contribution is 0.184. The summed E-state index contributed by atoms with van der Waals surface area (Å²) in [6.45, 7) is 1.39. The summed E-state index contributed by atoms with van der Waals surface area (Å²) < 4.78 is 10.6. The summed E-state index contributed by atoms with van der Waals surface area (Å²) in [5.74, 6) is 0.917. The molecule has 0 amide bonds. The van der Waals surface area contributed by atoms with Crippen molar-refractivity contribution in [3.8, 4) is 5.75 Å². The van der Waals surface area contributed by atoms with E-state index in [1.807, 2.05) is 24.3 Å². The van der Waals surface area contributed by atoms with Gasteiger partial charge in [0.25, 0.3) is 0 Å². The molecule has 0 saturated carbocycles. The zero-order valence-electron chi connectivity index (χ0n) is 8.33. The molecule has 0 unspecified atom stereocenters. The Kier molecular flexibility index (Phi) is 5.64. The molecule has 1 aromatic rings. The second-order valence-electron chi connectivity index (χ2n) is 2.97. The molecule has 0 aliphatic carbocycles. The third kappa shape index (κ3) is 4.11. The van der Waals surface area contributed by atoms with Crippen LogP contribution in [-0.2, 0) is 11.3 Å². The summed E-state index contributed by atoms with van der Waals surface area (Å²) in [4.78, 5) is 0. The zero-order chi connectivity index (χ0) is 10.2. The lowest BCUT2D eigenvalue weighted by Crippen LogP contribution is -1.98. The highest BCUT2D eigenvalue weighted by Gasteiger charge is 1.96. The van der Waals surface area contributed by atoms with Gasteiger partial charge in [-0.1, -0.05) is 28.1 Å². The van der Waals surface area contributed by atoms with Crippen molar-refractivity contribution in [1.82, 2.24) is 0 Å². The summed E-state index contributed by atoms with van der Waals surface area (Å²) in [5, 5.41) is 0.977. The molecule has 2 nitrogen and oxygen atoms in total. The highest BCUT2D eigenvalue weighted by molar-refractivity contribution is 9.09. The Morgan fingerprint density at radius 3 is 2.93 bits per heavy atom. The first-order valence-corrected chi connectivity index (χ1v) is 5.75. The van der Waals surface area contributed by atoms with Crippen LogP contribution in [0.25, 0.3) is 0 Å². The molecule has 0 saturated heterocycles. The van der Waals surface area contributed by atoms with Crippen molar-refractivity contribution in [2.45, 2.75) is 13.0 Å². The van der Waals surface area contributed by atoms with Crippen molar-refractivity contribution in [3.05, 3.63) is 29.8 Å². The first-order chi connectivity index (χ1) is 6.86. The first kappa shape index (κ1) is 11.5. The number of hydrogen-bond donors (Lipinski definition) is 0. The van der Waals surface area contributed by atoms with Crippen molar-refractivity contribution in [1.29, 1.82) is 0 Å². The van der Waals surface area contributed by atoms with Crippen LogP contribution in [0, 0.1) is 0 Å². The number of benzene rings is 1. The maximum absolute atomic E-state index is 5.55. The van der Waals surface area contributed by atoms with Gasteiger partial charge in [-0.25, -0.2) is 0 Å².